The van der Waals surface area contributed by atoms with Crippen molar-refractivity contribution in [3.8, 4) is 5.75 Å². The topological polar surface area (TPSA) is 38.5 Å². The van der Waals surface area contributed by atoms with E-state index < -0.39 is 0 Å². The number of nitrogen functional groups attached to an aromatic ring is 1. The standard InChI is InChI=1S/C14H22N2O/c1-3-4-5-8-16-10-11(2)17-14-9-12(15)6-7-13(14)16/h6-7,9,11H,3-5,8,10,15H2,1-2H3. The molecule has 17 heavy (non-hydrogen) atoms. The molecule has 0 amide bonds. The lowest BCUT2D eigenvalue weighted by atomic mass is 10.1. The summed E-state index contributed by atoms with van der Waals surface area (Å²) in [6.45, 7) is 6.43. The van der Waals surface area contributed by atoms with E-state index in [0.29, 0.717) is 0 Å². The average Bonchev–Trinajstić information content (AvgIpc) is 2.28. The van der Waals surface area contributed by atoms with Gasteiger partial charge >= 0.3 is 0 Å². The predicted molar refractivity (Wildman–Crippen MR) is 72.7 cm³/mol. The minimum Gasteiger partial charge on any atom is -0.487 e. The first-order valence-electron chi connectivity index (χ1n) is 6.52. The highest BCUT2D eigenvalue weighted by Gasteiger charge is 2.22. The van der Waals surface area contributed by atoms with Crippen molar-refractivity contribution in [2.24, 2.45) is 0 Å². The second-order valence-corrected chi connectivity index (χ2v) is 4.81. The van der Waals surface area contributed by atoms with Crippen LogP contribution in [0.1, 0.15) is 33.1 Å². The SMILES string of the molecule is CCCCCN1CC(C)Oc2cc(N)ccc21. The van der Waals surface area contributed by atoms with Crippen LogP contribution >= 0.6 is 0 Å². The molecule has 1 heterocycles. The molecule has 0 fully saturated rings. The molecule has 1 unspecified atom stereocenters. The van der Waals surface area contributed by atoms with Crippen LogP contribution in [0.5, 0.6) is 5.75 Å². The van der Waals surface area contributed by atoms with Gasteiger partial charge in [-0.25, -0.2) is 0 Å². The van der Waals surface area contributed by atoms with Crippen LogP contribution in [-0.4, -0.2) is 19.2 Å². The van der Waals surface area contributed by atoms with Gasteiger partial charge in [-0.15, -0.1) is 0 Å². The molecule has 0 saturated heterocycles. The van der Waals surface area contributed by atoms with E-state index in [1.165, 1.54) is 24.9 Å². The average molecular weight is 234 g/mol. The molecule has 1 aromatic carbocycles. The summed E-state index contributed by atoms with van der Waals surface area (Å²) in [5, 5.41) is 0. The smallest absolute Gasteiger partial charge is 0.145 e. The van der Waals surface area contributed by atoms with E-state index in [2.05, 4.69) is 24.8 Å². The van der Waals surface area contributed by atoms with Crippen LogP contribution in [0.3, 0.4) is 0 Å². The number of fused-ring (bicyclic) bond motifs is 1. The van der Waals surface area contributed by atoms with Gasteiger partial charge in [0.25, 0.3) is 0 Å². The van der Waals surface area contributed by atoms with Crippen molar-refractivity contribution in [2.75, 3.05) is 23.7 Å². The van der Waals surface area contributed by atoms with Gasteiger partial charge in [0.05, 0.1) is 12.2 Å². The number of ether oxygens (including phenoxy) is 1. The largest absolute Gasteiger partial charge is 0.487 e. The maximum Gasteiger partial charge on any atom is 0.145 e. The minimum absolute atomic E-state index is 0.242. The Labute approximate surface area is 104 Å². The van der Waals surface area contributed by atoms with Gasteiger partial charge in [-0.05, 0) is 25.5 Å². The summed E-state index contributed by atoms with van der Waals surface area (Å²) in [6, 6.07) is 5.95. The van der Waals surface area contributed by atoms with Gasteiger partial charge in [-0.2, -0.15) is 0 Å². The van der Waals surface area contributed by atoms with E-state index in [1.54, 1.807) is 0 Å². The maximum atomic E-state index is 5.83. The first kappa shape index (κ1) is 12.1. The fraction of sp³-hybridized carbons (Fsp3) is 0.571. The molecule has 2 N–H and O–H groups in total. The Balaban J connectivity index is 2.13. The molecule has 1 atom stereocenters. The third kappa shape index (κ3) is 2.84. The van der Waals surface area contributed by atoms with E-state index in [1.807, 2.05) is 12.1 Å². The number of anilines is 2. The fourth-order valence-corrected chi connectivity index (χ4v) is 2.31. The van der Waals surface area contributed by atoms with E-state index in [4.69, 9.17) is 10.5 Å². The maximum absolute atomic E-state index is 5.83. The summed E-state index contributed by atoms with van der Waals surface area (Å²) in [5.74, 6) is 0.931. The second-order valence-electron chi connectivity index (χ2n) is 4.81. The molecule has 3 heteroatoms. The van der Waals surface area contributed by atoms with E-state index >= 15 is 0 Å². The first-order chi connectivity index (χ1) is 8.20. The Morgan fingerprint density at radius 1 is 1.41 bits per heavy atom. The van der Waals surface area contributed by atoms with Crippen molar-refractivity contribution in [3.63, 3.8) is 0 Å². The third-order valence-electron chi connectivity index (χ3n) is 3.16. The van der Waals surface area contributed by atoms with Gasteiger partial charge in [0.2, 0.25) is 0 Å². The number of hydrogen-bond acceptors (Lipinski definition) is 3. The second kappa shape index (κ2) is 5.30. The molecule has 1 aromatic rings. The van der Waals surface area contributed by atoms with Crippen molar-refractivity contribution in [1.29, 1.82) is 0 Å². The molecule has 2 rings (SSSR count). The molecule has 94 valence electrons. The van der Waals surface area contributed by atoms with Crippen molar-refractivity contribution in [1.82, 2.24) is 0 Å². The highest BCUT2D eigenvalue weighted by atomic mass is 16.5. The van der Waals surface area contributed by atoms with Crippen LogP contribution in [0.2, 0.25) is 0 Å². The number of nitrogens with zero attached hydrogens (tertiary/aromatic N) is 1. The van der Waals surface area contributed by atoms with Gasteiger partial charge in [0, 0.05) is 18.3 Å². The molecule has 1 aliphatic rings. The molecular weight excluding hydrogens is 212 g/mol. The van der Waals surface area contributed by atoms with Gasteiger partial charge in [0.15, 0.2) is 0 Å². The zero-order valence-corrected chi connectivity index (χ0v) is 10.8. The number of nitrogens with two attached hydrogens (primary N) is 1. The minimum atomic E-state index is 0.242. The summed E-state index contributed by atoms with van der Waals surface area (Å²) in [6.07, 6.45) is 4.03. The Morgan fingerprint density at radius 2 is 2.24 bits per heavy atom. The Bertz CT molecular complexity index is 378. The highest BCUT2D eigenvalue weighted by molar-refractivity contribution is 5.65. The zero-order valence-electron chi connectivity index (χ0n) is 10.8. The number of rotatable bonds is 4. The van der Waals surface area contributed by atoms with Gasteiger partial charge in [-0.1, -0.05) is 19.8 Å². The Hall–Kier alpha value is -1.38. The molecule has 0 aromatic heterocycles. The molecule has 0 radical (unpaired) electrons. The molecule has 0 saturated carbocycles. The lowest BCUT2D eigenvalue weighted by Gasteiger charge is -2.35. The van der Waals surface area contributed by atoms with Crippen LogP contribution in [0.15, 0.2) is 18.2 Å². The third-order valence-corrected chi connectivity index (χ3v) is 3.16. The fourth-order valence-electron chi connectivity index (χ4n) is 2.31. The van der Waals surface area contributed by atoms with Crippen LogP contribution in [0.4, 0.5) is 11.4 Å². The van der Waals surface area contributed by atoms with Crippen LogP contribution in [-0.2, 0) is 0 Å². The van der Waals surface area contributed by atoms with E-state index in [9.17, 15) is 0 Å². The van der Waals surface area contributed by atoms with Crippen molar-refractivity contribution in [2.45, 2.75) is 39.2 Å². The summed E-state index contributed by atoms with van der Waals surface area (Å²) in [7, 11) is 0. The van der Waals surface area contributed by atoms with E-state index in [-0.39, 0.29) is 6.10 Å². The predicted octanol–water partition coefficient (Wildman–Crippen LogP) is 3.05. The zero-order chi connectivity index (χ0) is 12.3. The Morgan fingerprint density at radius 3 is 3.00 bits per heavy atom. The first-order valence-corrected chi connectivity index (χ1v) is 6.52. The molecule has 0 aliphatic carbocycles. The number of unbranched alkanes of at least 4 members (excludes halogenated alkanes) is 2. The summed E-state index contributed by atoms with van der Waals surface area (Å²) < 4.78 is 5.83. The van der Waals surface area contributed by atoms with Crippen LogP contribution in [0, 0.1) is 0 Å². The molecule has 0 bridgehead atoms. The lowest BCUT2D eigenvalue weighted by Crippen LogP contribution is -2.39. The number of hydrogen-bond donors (Lipinski definition) is 1. The Kier molecular flexibility index (Phi) is 3.77. The normalized spacial score (nSPS) is 18.7. The number of benzene rings is 1. The van der Waals surface area contributed by atoms with Gasteiger partial charge < -0.3 is 15.4 Å². The lowest BCUT2D eigenvalue weighted by molar-refractivity contribution is 0.212. The summed E-state index contributed by atoms with van der Waals surface area (Å²) in [5.41, 5.74) is 7.75. The van der Waals surface area contributed by atoms with Crippen LogP contribution in [0.25, 0.3) is 0 Å². The highest BCUT2D eigenvalue weighted by Crippen LogP contribution is 2.35. The summed E-state index contributed by atoms with van der Waals surface area (Å²) >= 11 is 0. The molecule has 3 nitrogen and oxygen atoms in total. The quantitative estimate of drug-likeness (QED) is 0.643. The van der Waals surface area contributed by atoms with Gasteiger partial charge in [-0.3, -0.25) is 0 Å². The van der Waals surface area contributed by atoms with Gasteiger partial charge in [0.1, 0.15) is 11.9 Å². The molecular formula is C14H22N2O. The summed E-state index contributed by atoms with van der Waals surface area (Å²) in [4.78, 5) is 2.42. The van der Waals surface area contributed by atoms with Crippen molar-refractivity contribution in [3.05, 3.63) is 18.2 Å². The van der Waals surface area contributed by atoms with E-state index in [0.717, 1.165) is 24.5 Å². The molecule has 1 aliphatic heterocycles. The monoisotopic (exact) mass is 234 g/mol. The molecule has 0 spiro atoms. The van der Waals surface area contributed by atoms with Crippen molar-refractivity contribution >= 4 is 11.4 Å². The van der Waals surface area contributed by atoms with Crippen LogP contribution < -0.4 is 15.4 Å². The van der Waals surface area contributed by atoms with Crippen molar-refractivity contribution < 1.29 is 4.74 Å².